The van der Waals surface area contributed by atoms with Gasteiger partial charge in [-0.3, -0.25) is 4.79 Å². The van der Waals surface area contributed by atoms with Crippen molar-refractivity contribution in [2.45, 2.75) is 45.1 Å². The molecule has 7 heteroatoms. The molecule has 1 aromatic carbocycles. The molecule has 130 valence electrons. The summed E-state index contributed by atoms with van der Waals surface area (Å²) in [6.45, 7) is 4.53. The minimum absolute atomic E-state index is 0.194. The Morgan fingerprint density at radius 2 is 2.21 bits per heavy atom. The fourth-order valence-electron chi connectivity index (χ4n) is 2.79. The molecule has 0 aliphatic carbocycles. The van der Waals surface area contributed by atoms with Gasteiger partial charge in [-0.2, -0.15) is 4.98 Å². The molecule has 1 aliphatic rings. The monoisotopic (exact) mass is 333 g/mol. The molecule has 0 radical (unpaired) electrons. The largest absolute Gasteiger partial charge is 0.424 e. The third-order valence-corrected chi connectivity index (χ3v) is 4.00. The molecule has 0 spiro atoms. The quantitative estimate of drug-likeness (QED) is 0.747. The highest BCUT2D eigenvalue weighted by Crippen LogP contribution is 2.20. The average Bonchev–Trinajstić information content (AvgIpc) is 3.12. The number of anilines is 1. The number of fused-ring (bicyclic) bond motifs is 1. The summed E-state index contributed by atoms with van der Waals surface area (Å²) in [6, 6.07) is 6.89. The first-order chi connectivity index (χ1) is 11.5. The number of amides is 1. The maximum atomic E-state index is 12.6. The van der Waals surface area contributed by atoms with Gasteiger partial charge in [-0.25, -0.2) is 0 Å². The van der Waals surface area contributed by atoms with Gasteiger partial charge in [0.2, 0.25) is 5.91 Å². The van der Waals surface area contributed by atoms with Crippen molar-refractivity contribution < 1.29 is 19.1 Å². The normalized spacial score (nSPS) is 22.0. The van der Waals surface area contributed by atoms with E-state index >= 15 is 0 Å². The number of oxazole rings is 1. The lowest BCUT2D eigenvalue weighted by molar-refractivity contribution is -0.126. The summed E-state index contributed by atoms with van der Waals surface area (Å²) in [5.74, 6) is 0.114. The smallest absolute Gasteiger partial charge is 0.296 e. The van der Waals surface area contributed by atoms with Crippen LogP contribution in [0.2, 0.25) is 0 Å². The second-order valence-corrected chi connectivity index (χ2v) is 6.48. The van der Waals surface area contributed by atoms with Gasteiger partial charge in [-0.15, -0.1) is 0 Å². The number of carbonyl (C=O) groups excluding carboxylic acids is 1. The number of carbonyl (C=O) groups is 1. The van der Waals surface area contributed by atoms with E-state index in [-0.39, 0.29) is 11.9 Å². The van der Waals surface area contributed by atoms with E-state index in [1.807, 2.05) is 38.1 Å². The minimum Gasteiger partial charge on any atom is -0.424 e. The first-order valence-corrected chi connectivity index (χ1v) is 8.25. The van der Waals surface area contributed by atoms with Crippen LogP contribution in [0.4, 0.5) is 6.01 Å². The molecule has 2 heterocycles. The van der Waals surface area contributed by atoms with Gasteiger partial charge in [0.25, 0.3) is 6.01 Å². The maximum Gasteiger partial charge on any atom is 0.296 e. The number of para-hydroxylation sites is 2. The zero-order valence-electron chi connectivity index (χ0n) is 13.9. The molecule has 3 unspecified atom stereocenters. The molecule has 1 aliphatic heterocycles. The summed E-state index contributed by atoms with van der Waals surface area (Å²) in [7, 11) is 0. The molecule has 24 heavy (non-hydrogen) atoms. The summed E-state index contributed by atoms with van der Waals surface area (Å²) in [5, 5.41) is 15.6. The van der Waals surface area contributed by atoms with Gasteiger partial charge in [0.05, 0.1) is 12.6 Å². The number of benzene rings is 1. The van der Waals surface area contributed by atoms with Crippen LogP contribution in [0.3, 0.4) is 0 Å². The predicted octanol–water partition coefficient (Wildman–Crippen LogP) is 1.88. The lowest BCUT2D eigenvalue weighted by Gasteiger charge is -2.22. The van der Waals surface area contributed by atoms with Gasteiger partial charge < -0.3 is 24.9 Å². The number of hydrogen-bond donors (Lipinski definition) is 3. The fraction of sp³-hybridized carbons (Fsp3) is 0.529. The van der Waals surface area contributed by atoms with Crippen LogP contribution in [0.25, 0.3) is 11.1 Å². The molecule has 1 amide bonds. The van der Waals surface area contributed by atoms with E-state index in [1.165, 1.54) is 0 Å². The topological polar surface area (TPSA) is 96.6 Å². The summed E-state index contributed by atoms with van der Waals surface area (Å²) >= 11 is 0. The van der Waals surface area contributed by atoms with Crippen molar-refractivity contribution in [2.24, 2.45) is 5.92 Å². The van der Waals surface area contributed by atoms with Gasteiger partial charge in [-0.1, -0.05) is 26.0 Å². The fourth-order valence-corrected chi connectivity index (χ4v) is 2.79. The van der Waals surface area contributed by atoms with Gasteiger partial charge in [0, 0.05) is 0 Å². The number of rotatable bonds is 6. The Balaban J connectivity index is 1.71. The summed E-state index contributed by atoms with van der Waals surface area (Å²) in [4.78, 5) is 16.9. The predicted molar refractivity (Wildman–Crippen MR) is 89.4 cm³/mol. The Morgan fingerprint density at radius 1 is 1.42 bits per heavy atom. The van der Waals surface area contributed by atoms with E-state index < -0.39 is 12.3 Å². The van der Waals surface area contributed by atoms with E-state index in [1.54, 1.807) is 0 Å². The van der Waals surface area contributed by atoms with Crippen LogP contribution >= 0.6 is 0 Å². The molecule has 3 N–H and O–H groups in total. The standard InChI is InChI=1S/C17H23N3O4/c1-10(2)9-13(15(21)18-12-7-8-23-16(12)22)20-17-19-11-5-3-4-6-14(11)24-17/h3-6,10,12-13,16,22H,7-9H2,1-2H3,(H,18,21)(H,19,20). The van der Waals surface area contributed by atoms with Crippen LogP contribution in [0.5, 0.6) is 0 Å². The van der Waals surface area contributed by atoms with Crippen molar-refractivity contribution in [3.05, 3.63) is 24.3 Å². The highest BCUT2D eigenvalue weighted by Gasteiger charge is 2.30. The van der Waals surface area contributed by atoms with E-state index in [4.69, 9.17) is 9.15 Å². The van der Waals surface area contributed by atoms with Crippen molar-refractivity contribution in [3.8, 4) is 0 Å². The zero-order valence-corrected chi connectivity index (χ0v) is 13.9. The molecule has 7 nitrogen and oxygen atoms in total. The molecule has 3 atom stereocenters. The molecule has 0 bridgehead atoms. The summed E-state index contributed by atoms with van der Waals surface area (Å²) in [6.07, 6.45) is 0.274. The summed E-state index contributed by atoms with van der Waals surface area (Å²) in [5.41, 5.74) is 1.41. The highest BCUT2D eigenvalue weighted by molar-refractivity contribution is 5.85. The van der Waals surface area contributed by atoms with Crippen LogP contribution in [0.1, 0.15) is 26.7 Å². The minimum atomic E-state index is -0.946. The van der Waals surface area contributed by atoms with Crippen LogP contribution < -0.4 is 10.6 Å². The Kier molecular flexibility index (Phi) is 5.01. The van der Waals surface area contributed by atoms with Crippen LogP contribution in [0, 0.1) is 5.92 Å². The lowest BCUT2D eigenvalue weighted by Crippen LogP contribution is -2.48. The van der Waals surface area contributed by atoms with E-state index in [2.05, 4.69) is 15.6 Å². The first-order valence-electron chi connectivity index (χ1n) is 8.25. The van der Waals surface area contributed by atoms with Crippen molar-refractivity contribution in [1.29, 1.82) is 0 Å². The Bertz CT molecular complexity index is 667. The third kappa shape index (κ3) is 3.85. The van der Waals surface area contributed by atoms with Gasteiger partial charge in [0.15, 0.2) is 11.9 Å². The van der Waals surface area contributed by atoms with Crippen molar-refractivity contribution in [2.75, 3.05) is 11.9 Å². The molecule has 1 aromatic heterocycles. The van der Waals surface area contributed by atoms with E-state index in [9.17, 15) is 9.90 Å². The number of aliphatic hydroxyl groups is 1. The van der Waals surface area contributed by atoms with Crippen LogP contribution in [-0.4, -0.2) is 41.0 Å². The molecular weight excluding hydrogens is 310 g/mol. The number of aromatic nitrogens is 1. The molecule has 2 aromatic rings. The van der Waals surface area contributed by atoms with Gasteiger partial charge in [-0.05, 0) is 30.9 Å². The van der Waals surface area contributed by atoms with E-state index in [0.29, 0.717) is 37.0 Å². The number of nitrogens with one attached hydrogen (secondary N) is 2. The number of nitrogens with zero attached hydrogens (tertiary/aromatic N) is 1. The second-order valence-electron chi connectivity index (χ2n) is 6.48. The number of ether oxygens (including phenoxy) is 1. The SMILES string of the molecule is CC(C)CC(Nc1nc2ccccc2o1)C(=O)NC1CCOC1O. The highest BCUT2D eigenvalue weighted by atomic mass is 16.6. The Labute approximate surface area is 140 Å². The summed E-state index contributed by atoms with van der Waals surface area (Å²) < 4.78 is 10.7. The second kappa shape index (κ2) is 7.19. The maximum absolute atomic E-state index is 12.6. The third-order valence-electron chi connectivity index (χ3n) is 4.00. The molecule has 3 rings (SSSR count). The van der Waals surface area contributed by atoms with Gasteiger partial charge in [0.1, 0.15) is 11.6 Å². The first kappa shape index (κ1) is 16.7. The number of aliphatic hydroxyl groups excluding tert-OH is 1. The van der Waals surface area contributed by atoms with Crippen LogP contribution in [-0.2, 0) is 9.53 Å². The zero-order chi connectivity index (χ0) is 17.1. The van der Waals surface area contributed by atoms with Crippen molar-refractivity contribution in [3.63, 3.8) is 0 Å². The lowest BCUT2D eigenvalue weighted by atomic mass is 10.0. The van der Waals surface area contributed by atoms with Crippen LogP contribution in [0.15, 0.2) is 28.7 Å². The molecule has 1 fully saturated rings. The van der Waals surface area contributed by atoms with Crippen molar-refractivity contribution in [1.82, 2.24) is 10.3 Å². The van der Waals surface area contributed by atoms with Gasteiger partial charge >= 0.3 is 0 Å². The Hall–Kier alpha value is -2.12. The number of hydrogen-bond acceptors (Lipinski definition) is 6. The average molecular weight is 333 g/mol. The molecule has 1 saturated heterocycles. The Morgan fingerprint density at radius 3 is 2.88 bits per heavy atom. The molecule has 0 saturated carbocycles. The molecular formula is C17H23N3O4. The van der Waals surface area contributed by atoms with E-state index in [0.717, 1.165) is 5.52 Å². The van der Waals surface area contributed by atoms with Crippen molar-refractivity contribution >= 4 is 23.0 Å².